The molecule has 1 atom stereocenters. The molecule has 0 saturated heterocycles. The number of amides is 1. The molecule has 1 aliphatic heterocycles. The van der Waals surface area contributed by atoms with Gasteiger partial charge in [-0.05, 0) is 30.5 Å². The van der Waals surface area contributed by atoms with Gasteiger partial charge in [-0.1, -0.05) is 47.6 Å². The molecule has 0 saturated carbocycles. The molecule has 4 heteroatoms. The Balaban J connectivity index is -0.000000414. The highest BCUT2D eigenvalue weighted by Crippen LogP contribution is 2.25. The Hall–Kier alpha value is -1.08. The summed E-state index contributed by atoms with van der Waals surface area (Å²) in [4.78, 5) is 10.8. The molecule has 0 fully saturated rings. The van der Waals surface area contributed by atoms with Crippen molar-refractivity contribution in [3.05, 3.63) is 23.8 Å². The number of aryl methyl sites for hydroxylation is 1. The van der Waals surface area contributed by atoms with Crippen molar-refractivity contribution in [3.63, 3.8) is 0 Å². The van der Waals surface area contributed by atoms with Gasteiger partial charge >= 0.3 is 0 Å². The van der Waals surface area contributed by atoms with E-state index in [0.717, 1.165) is 24.3 Å². The van der Waals surface area contributed by atoms with E-state index in [2.05, 4.69) is 16.7 Å². The van der Waals surface area contributed by atoms with Crippen LogP contribution in [-0.2, 0) is 11.2 Å². The first-order chi connectivity index (χ1) is 9.75. The molecule has 1 aliphatic rings. The van der Waals surface area contributed by atoms with Crippen molar-refractivity contribution in [2.75, 3.05) is 17.2 Å². The maximum Gasteiger partial charge on any atom is 0.221 e. The summed E-state index contributed by atoms with van der Waals surface area (Å²) in [5, 5.41) is 6.10. The third-order valence-corrected chi connectivity index (χ3v) is 2.37. The third-order valence-electron chi connectivity index (χ3n) is 2.37. The van der Waals surface area contributed by atoms with E-state index in [1.807, 2.05) is 53.7 Å². The van der Waals surface area contributed by atoms with E-state index in [9.17, 15) is 4.79 Å². The normalized spacial score (nSPS) is 10.2. The van der Waals surface area contributed by atoms with Crippen LogP contribution < -0.4 is 10.6 Å². The average Bonchev–Trinajstić information content (AvgIpc) is 2.52. The third kappa shape index (κ3) is 10.3. The van der Waals surface area contributed by atoms with E-state index in [0.29, 0.717) is 0 Å². The van der Waals surface area contributed by atoms with Crippen LogP contribution in [0, 0.1) is 0 Å². The van der Waals surface area contributed by atoms with Gasteiger partial charge in [0.25, 0.3) is 0 Å². The largest absolute Gasteiger partial charge is 0.385 e. The number of fused-ring (bicyclic) bond motifs is 1. The van der Waals surface area contributed by atoms with Crippen molar-refractivity contribution < 1.29 is 4.79 Å². The first-order valence-electron chi connectivity index (χ1n) is 7.90. The summed E-state index contributed by atoms with van der Waals surface area (Å²) in [5.41, 5.74) is 3.36. The Morgan fingerprint density at radius 2 is 1.67 bits per heavy atom. The lowest BCUT2D eigenvalue weighted by Gasteiger charge is -2.18. The van der Waals surface area contributed by atoms with Crippen molar-refractivity contribution in [1.29, 1.82) is 0 Å². The standard InChI is InChI=1S/C11H14N2O.3C2H6.H3P/c1-8(14)13-10-5-4-9-3-2-6-12-11(9)7-10;3*1-2;/h4-5,7,12H,2-3,6H2,1H3,(H,13,14);3*1-2H3;1H3. The van der Waals surface area contributed by atoms with Gasteiger partial charge in [-0.25, -0.2) is 0 Å². The molecule has 3 nitrogen and oxygen atoms in total. The number of carbonyl (C=O) groups excluding carboxylic acids is 1. The predicted molar refractivity (Wildman–Crippen MR) is 103 cm³/mol. The smallest absolute Gasteiger partial charge is 0.221 e. The highest BCUT2D eigenvalue weighted by atomic mass is 31.0. The van der Waals surface area contributed by atoms with Gasteiger partial charge < -0.3 is 10.6 Å². The van der Waals surface area contributed by atoms with Crippen molar-refractivity contribution in [2.45, 2.75) is 61.3 Å². The second-order valence-electron chi connectivity index (χ2n) is 3.58. The van der Waals surface area contributed by atoms with Crippen LogP contribution in [0.3, 0.4) is 0 Å². The molecule has 0 aliphatic carbocycles. The number of carbonyl (C=O) groups is 1. The lowest BCUT2D eigenvalue weighted by Crippen LogP contribution is -2.12. The Kier molecular flexibility index (Phi) is 20.1. The highest BCUT2D eigenvalue weighted by molar-refractivity contribution is 6.92. The quantitative estimate of drug-likeness (QED) is 0.705. The minimum Gasteiger partial charge on any atom is -0.385 e. The number of nitrogens with one attached hydrogen (secondary N) is 2. The monoisotopic (exact) mass is 314 g/mol. The number of rotatable bonds is 1. The minimum absolute atomic E-state index is 0. The van der Waals surface area contributed by atoms with Gasteiger partial charge in [0, 0.05) is 24.8 Å². The summed E-state index contributed by atoms with van der Waals surface area (Å²) >= 11 is 0. The molecule has 124 valence electrons. The summed E-state index contributed by atoms with van der Waals surface area (Å²) < 4.78 is 0. The molecule has 2 rings (SSSR count). The molecule has 0 aromatic heterocycles. The Labute approximate surface area is 134 Å². The fourth-order valence-corrected chi connectivity index (χ4v) is 1.74. The second kappa shape index (κ2) is 17.0. The SMILES string of the molecule is CC.CC.CC.CC(=O)Nc1ccc2c(c1)NCCC2.P. The molecule has 1 heterocycles. The van der Waals surface area contributed by atoms with Crippen molar-refractivity contribution >= 4 is 27.2 Å². The molecule has 0 radical (unpaired) electrons. The average molecular weight is 314 g/mol. The zero-order valence-corrected chi connectivity index (χ0v) is 16.4. The number of hydrogen-bond donors (Lipinski definition) is 2. The Morgan fingerprint density at radius 3 is 2.19 bits per heavy atom. The van der Waals surface area contributed by atoms with Crippen molar-refractivity contribution in [2.24, 2.45) is 0 Å². The molecular weight excluding hydrogens is 279 g/mol. The summed E-state index contributed by atoms with van der Waals surface area (Å²) in [5.74, 6) is -0.0271. The van der Waals surface area contributed by atoms with Gasteiger partial charge in [-0.3, -0.25) is 4.79 Å². The summed E-state index contributed by atoms with van der Waals surface area (Å²) in [6.45, 7) is 14.5. The molecule has 0 bridgehead atoms. The molecule has 1 unspecified atom stereocenters. The van der Waals surface area contributed by atoms with Crippen molar-refractivity contribution in [1.82, 2.24) is 0 Å². The van der Waals surface area contributed by atoms with Crippen LogP contribution in [0.2, 0.25) is 0 Å². The maximum atomic E-state index is 10.8. The Bertz CT molecular complexity index is 368. The summed E-state index contributed by atoms with van der Waals surface area (Å²) in [6, 6.07) is 6.02. The molecule has 1 aromatic carbocycles. The molecule has 2 N–H and O–H groups in total. The highest BCUT2D eigenvalue weighted by Gasteiger charge is 2.08. The van der Waals surface area contributed by atoms with Crippen molar-refractivity contribution in [3.8, 4) is 0 Å². The summed E-state index contributed by atoms with van der Waals surface area (Å²) in [7, 11) is 0. The van der Waals surface area contributed by atoms with Crippen LogP contribution in [-0.4, -0.2) is 12.5 Å². The topological polar surface area (TPSA) is 41.1 Å². The van der Waals surface area contributed by atoms with E-state index >= 15 is 0 Å². The van der Waals surface area contributed by atoms with Gasteiger partial charge in [-0.2, -0.15) is 9.90 Å². The van der Waals surface area contributed by atoms with Gasteiger partial charge in [0.05, 0.1) is 0 Å². The van der Waals surface area contributed by atoms with E-state index in [-0.39, 0.29) is 15.8 Å². The first kappa shape index (κ1) is 24.9. The second-order valence-corrected chi connectivity index (χ2v) is 3.58. The molecule has 0 spiro atoms. The molecule has 1 amide bonds. The molecule has 1 aromatic rings. The fourth-order valence-electron chi connectivity index (χ4n) is 1.74. The Morgan fingerprint density at radius 1 is 1.10 bits per heavy atom. The zero-order chi connectivity index (χ0) is 16.0. The van der Waals surface area contributed by atoms with E-state index in [4.69, 9.17) is 0 Å². The number of benzene rings is 1. The van der Waals surface area contributed by atoms with Gasteiger partial charge in [0.2, 0.25) is 5.91 Å². The first-order valence-corrected chi connectivity index (χ1v) is 7.90. The van der Waals surface area contributed by atoms with E-state index in [1.54, 1.807) is 0 Å². The van der Waals surface area contributed by atoms with Crippen LogP contribution in [0.25, 0.3) is 0 Å². The van der Waals surface area contributed by atoms with E-state index < -0.39 is 0 Å². The lowest BCUT2D eigenvalue weighted by molar-refractivity contribution is -0.114. The fraction of sp³-hybridized carbons (Fsp3) is 0.588. The van der Waals surface area contributed by atoms with Crippen LogP contribution >= 0.6 is 9.90 Å². The predicted octanol–water partition coefficient (Wildman–Crippen LogP) is 5.14. The number of anilines is 2. The van der Waals surface area contributed by atoms with Gasteiger partial charge in [0.15, 0.2) is 0 Å². The number of hydrogen-bond acceptors (Lipinski definition) is 2. The van der Waals surface area contributed by atoms with Crippen LogP contribution in [0.15, 0.2) is 18.2 Å². The minimum atomic E-state index is -0.0271. The maximum absolute atomic E-state index is 10.8. The van der Waals surface area contributed by atoms with Gasteiger partial charge in [-0.15, -0.1) is 0 Å². The lowest BCUT2D eigenvalue weighted by atomic mass is 10.0. The molecular formula is C17H35N2OP. The zero-order valence-electron chi connectivity index (χ0n) is 15.0. The molecule has 21 heavy (non-hydrogen) atoms. The van der Waals surface area contributed by atoms with E-state index in [1.165, 1.54) is 18.9 Å². The summed E-state index contributed by atoms with van der Waals surface area (Å²) in [6.07, 6.45) is 2.31. The van der Waals surface area contributed by atoms with Crippen LogP contribution in [0.5, 0.6) is 0 Å². The van der Waals surface area contributed by atoms with Crippen LogP contribution in [0.1, 0.15) is 60.5 Å². The van der Waals surface area contributed by atoms with Crippen LogP contribution in [0.4, 0.5) is 11.4 Å². The van der Waals surface area contributed by atoms with Gasteiger partial charge in [0.1, 0.15) is 0 Å².